The predicted molar refractivity (Wildman–Crippen MR) is 118 cm³/mol. The normalized spacial score (nSPS) is 17.7. The lowest BCUT2D eigenvalue weighted by molar-refractivity contribution is -0.147. The molecule has 1 aliphatic heterocycles. The smallest absolute Gasteiger partial charge is 0.325 e. The minimum absolute atomic E-state index is 0.114. The Bertz CT molecular complexity index is 998. The molecule has 1 saturated heterocycles. The maximum Gasteiger partial charge on any atom is 0.325 e. The van der Waals surface area contributed by atoms with E-state index in [1.165, 1.54) is 24.0 Å². The van der Waals surface area contributed by atoms with E-state index in [1.807, 2.05) is 0 Å². The van der Waals surface area contributed by atoms with Gasteiger partial charge in [0.1, 0.15) is 12.3 Å². The maximum atomic E-state index is 13.5. The molecule has 3 amide bonds. The molecule has 1 aromatic heterocycles. The zero-order chi connectivity index (χ0) is 23.8. The zero-order valence-corrected chi connectivity index (χ0v) is 18.7. The van der Waals surface area contributed by atoms with Gasteiger partial charge in [-0.15, -0.1) is 0 Å². The molecule has 9 nitrogen and oxygen atoms in total. The molecule has 9 heteroatoms. The predicted octanol–water partition coefficient (Wildman–Crippen LogP) is 1.57. The Morgan fingerprint density at radius 3 is 2.58 bits per heavy atom. The van der Waals surface area contributed by atoms with Crippen molar-refractivity contribution in [2.45, 2.75) is 24.7 Å². The van der Waals surface area contributed by atoms with Gasteiger partial charge >= 0.3 is 5.97 Å². The van der Waals surface area contributed by atoms with Crippen LogP contribution < -0.4 is 4.74 Å². The number of likely N-dealkylation sites (tertiary alicyclic amines) is 1. The number of hydrogen-bond acceptors (Lipinski definition) is 7. The summed E-state index contributed by atoms with van der Waals surface area (Å²) in [6, 6.07) is 12.4. The van der Waals surface area contributed by atoms with E-state index in [0.717, 1.165) is 0 Å². The molecular weight excluding hydrogens is 426 g/mol. The molecule has 2 aromatic rings. The maximum absolute atomic E-state index is 13.5. The van der Waals surface area contributed by atoms with Crippen LogP contribution in [0.1, 0.15) is 24.8 Å². The second-order valence-corrected chi connectivity index (χ2v) is 7.87. The summed E-state index contributed by atoms with van der Waals surface area (Å²) in [7, 11) is 2.70. The van der Waals surface area contributed by atoms with E-state index >= 15 is 0 Å². The lowest BCUT2D eigenvalue weighted by Gasteiger charge is -2.29. The van der Waals surface area contributed by atoms with Crippen LogP contribution in [0, 0.1) is 0 Å². The highest BCUT2D eigenvalue weighted by Crippen LogP contribution is 2.40. The molecule has 0 unspecified atom stereocenters. The van der Waals surface area contributed by atoms with Gasteiger partial charge in [-0.05, 0) is 24.1 Å². The van der Waals surface area contributed by atoms with Crippen molar-refractivity contribution < 1.29 is 28.7 Å². The molecule has 33 heavy (non-hydrogen) atoms. The van der Waals surface area contributed by atoms with Gasteiger partial charge in [-0.2, -0.15) is 0 Å². The van der Waals surface area contributed by atoms with E-state index in [1.54, 1.807) is 54.9 Å². The van der Waals surface area contributed by atoms with Gasteiger partial charge in [-0.1, -0.05) is 30.3 Å². The summed E-state index contributed by atoms with van der Waals surface area (Å²) in [5.74, 6) is -1.14. The van der Waals surface area contributed by atoms with Crippen LogP contribution in [0.5, 0.6) is 5.75 Å². The number of likely N-dealkylation sites (N-methyl/N-ethyl adjacent to an activating group) is 1. The second kappa shape index (κ2) is 10.7. The van der Waals surface area contributed by atoms with Crippen molar-refractivity contribution in [2.75, 3.05) is 33.9 Å². The molecular formula is C24H27N3O6. The number of esters is 1. The number of aromatic nitrogens is 1. The molecule has 0 bridgehead atoms. The number of pyridine rings is 1. The number of benzene rings is 1. The molecule has 1 fully saturated rings. The second-order valence-electron chi connectivity index (χ2n) is 7.87. The van der Waals surface area contributed by atoms with E-state index in [4.69, 9.17) is 4.74 Å². The fraction of sp³-hybridized carbons (Fsp3) is 0.375. The number of rotatable bonds is 10. The Labute approximate surface area is 192 Å². The molecule has 3 rings (SSSR count). The number of ether oxygens (including phenoxy) is 2. The summed E-state index contributed by atoms with van der Waals surface area (Å²) < 4.78 is 10.2. The molecule has 0 N–H and O–H groups in total. The summed E-state index contributed by atoms with van der Waals surface area (Å²) >= 11 is 0. The van der Waals surface area contributed by atoms with Gasteiger partial charge in [0.05, 0.1) is 25.3 Å². The summed E-state index contributed by atoms with van der Waals surface area (Å²) in [5.41, 5.74) is -0.721. The average molecular weight is 453 g/mol. The lowest BCUT2D eigenvalue weighted by atomic mass is 9.75. The average Bonchev–Trinajstić information content (AvgIpc) is 3.07. The van der Waals surface area contributed by atoms with Crippen molar-refractivity contribution in [3.63, 3.8) is 0 Å². The van der Waals surface area contributed by atoms with Crippen LogP contribution in [0.25, 0.3) is 0 Å². The summed E-state index contributed by atoms with van der Waals surface area (Å²) in [5, 5.41) is 0. The third-order valence-electron chi connectivity index (χ3n) is 5.64. The fourth-order valence-corrected chi connectivity index (χ4v) is 3.83. The number of hydrogen-bond donors (Lipinski definition) is 0. The number of amides is 3. The van der Waals surface area contributed by atoms with Gasteiger partial charge in [0, 0.05) is 32.6 Å². The van der Waals surface area contributed by atoms with Crippen LogP contribution in [-0.2, 0) is 29.3 Å². The van der Waals surface area contributed by atoms with Crippen molar-refractivity contribution in [1.82, 2.24) is 14.8 Å². The first-order valence-corrected chi connectivity index (χ1v) is 10.6. The van der Waals surface area contributed by atoms with E-state index in [9.17, 15) is 19.2 Å². The van der Waals surface area contributed by atoms with Gasteiger partial charge in [0.15, 0.2) is 0 Å². The summed E-state index contributed by atoms with van der Waals surface area (Å²) in [6.07, 6.45) is 3.33. The Balaban J connectivity index is 1.73. The molecule has 0 radical (unpaired) electrons. The van der Waals surface area contributed by atoms with Crippen LogP contribution >= 0.6 is 0 Å². The minimum atomic E-state index is -1.32. The van der Waals surface area contributed by atoms with E-state index in [0.29, 0.717) is 24.3 Å². The number of nitrogens with zero attached hydrogens (tertiary/aromatic N) is 3. The van der Waals surface area contributed by atoms with Crippen LogP contribution in [-0.4, -0.2) is 72.3 Å². The zero-order valence-electron chi connectivity index (χ0n) is 18.7. The van der Waals surface area contributed by atoms with Crippen molar-refractivity contribution in [2.24, 2.45) is 0 Å². The third-order valence-corrected chi connectivity index (χ3v) is 5.64. The minimum Gasteiger partial charge on any atom is -0.492 e. The van der Waals surface area contributed by atoms with Crippen LogP contribution in [0.2, 0.25) is 0 Å². The van der Waals surface area contributed by atoms with Gasteiger partial charge in [0.25, 0.3) is 0 Å². The van der Waals surface area contributed by atoms with Gasteiger partial charge in [-0.3, -0.25) is 29.1 Å². The number of carbonyl (C=O) groups excluding carboxylic acids is 4. The number of methoxy groups -OCH3 is 1. The molecule has 1 atom stereocenters. The SMILES string of the molecule is COC(=O)CN(C)C(=O)C[C@]1(c2ccccc2)CC(=O)N(CCCOc2cccnc2)C1=O. The molecule has 2 heterocycles. The third kappa shape index (κ3) is 5.54. The van der Waals surface area contributed by atoms with Crippen molar-refractivity contribution in [3.8, 4) is 5.75 Å². The van der Waals surface area contributed by atoms with Crippen LogP contribution in [0.3, 0.4) is 0 Å². The highest BCUT2D eigenvalue weighted by molar-refractivity contribution is 6.10. The Hall–Kier alpha value is -3.75. The Morgan fingerprint density at radius 2 is 1.91 bits per heavy atom. The van der Waals surface area contributed by atoms with E-state index in [-0.39, 0.29) is 31.8 Å². The highest BCUT2D eigenvalue weighted by Gasteiger charge is 2.53. The van der Waals surface area contributed by atoms with Crippen LogP contribution in [0.15, 0.2) is 54.9 Å². The molecule has 0 saturated carbocycles. The Kier molecular flexibility index (Phi) is 7.76. The molecule has 174 valence electrons. The molecule has 0 aliphatic carbocycles. The van der Waals surface area contributed by atoms with E-state index < -0.39 is 23.2 Å². The first kappa shape index (κ1) is 23.9. The van der Waals surface area contributed by atoms with Crippen molar-refractivity contribution in [3.05, 3.63) is 60.4 Å². The van der Waals surface area contributed by atoms with E-state index in [2.05, 4.69) is 9.72 Å². The quantitative estimate of drug-likeness (QED) is 0.305. The van der Waals surface area contributed by atoms with Crippen LogP contribution in [0.4, 0.5) is 0 Å². The standard InChI is InChI=1S/C24H27N3O6/c1-26(17-22(30)32-2)20(28)14-24(18-8-4-3-5-9-18)15-21(29)27(23(24)31)12-7-13-33-19-10-6-11-25-16-19/h3-6,8-11,16H,7,12-15,17H2,1-2H3/t24-/m1/s1. The molecule has 1 aliphatic rings. The summed E-state index contributed by atoms with van der Waals surface area (Å²) in [4.78, 5) is 57.3. The first-order chi connectivity index (χ1) is 15.9. The molecule has 1 aromatic carbocycles. The van der Waals surface area contributed by atoms with Crippen molar-refractivity contribution in [1.29, 1.82) is 0 Å². The molecule has 0 spiro atoms. The number of imide groups is 1. The van der Waals surface area contributed by atoms with Gasteiger partial charge in [0.2, 0.25) is 17.7 Å². The topological polar surface area (TPSA) is 106 Å². The fourth-order valence-electron chi connectivity index (χ4n) is 3.83. The summed E-state index contributed by atoms with van der Waals surface area (Å²) in [6.45, 7) is 0.248. The monoisotopic (exact) mass is 453 g/mol. The van der Waals surface area contributed by atoms with Gasteiger partial charge < -0.3 is 14.4 Å². The highest BCUT2D eigenvalue weighted by atomic mass is 16.5. The Morgan fingerprint density at radius 1 is 1.15 bits per heavy atom. The van der Waals surface area contributed by atoms with Crippen molar-refractivity contribution >= 4 is 23.7 Å². The van der Waals surface area contributed by atoms with Gasteiger partial charge in [-0.25, -0.2) is 0 Å². The largest absolute Gasteiger partial charge is 0.492 e. The first-order valence-electron chi connectivity index (χ1n) is 10.6. The lowest BCUT2D eigenvalue weighted by Crippen LogP contribution is -2.44. The number of carbonyl (C=O) groups is 4.